The van der Waals surface area contributed by atoms with Crippen molar-refractivity contribution in [3.63, 3.8) is 0 Å². The Balaban J connectivity index is 2.87. The van der Waals surface area contributed by atoms with E-state index >= 15 is 0 Å². The van der Waals surface area contributed by atoms with Crippen molar-refractivity contribution in [2.45, 2.75) is 13.3 Å². The number of rotatable bonds is 6. The molecular formula is C13H15FN2O5. The van der Waals surface area contributed by atoms with Gasteiger partial charge in [-0.15, -0.1) is 0 Å². The van der Waals surface area contributed by atoms with Gasteiger partial charge in [0, 0.05) is 24.7 Å². The Morgan fingerprint density at radius 3 is 2.57 bits per heavy atom. The number of amides is 1. The van der Waals surface area contributed by atoms with Crippen LogP contribution in [0, 0.1) is 15.9 Å². The fourth-order valence-corrected chi connectivity index (χ4v) is 1.70. The van der Waals surface area contributed by atoms with Crippen LogP contribution in [0.5, 0.6) is 0 Å². The highest BCUT2D eigenvalue weighted by molar-refractivity contribution is 5.94. The molecule has 7 nitrogen and oxygen atoms in total. The Bertz CT molecular complexity index is 561. The first-order chi connectivity index (χ1) is 9.90. The van der Waals surface area contributed by atoms with E-state index in [2.05, 4.69) is 4.74 Å². The van der Waals surface area contributed by atoms with Crippen LogP contribution < -0.4 is 0 Å². The molecule has 1 rings (SSSR count). The summed E-state index contributed by atoms with van der Waals surface area (Å²) in [5, 5.41) is 10.5. The SMILES string of the molecule is CCN(CCC(=O)OC)C(=O)c1ccc([N+](=O)[O-])c(F)c1. The van der Waals surface area contributed by atoms with Crippen molar-refractivity contribution in [1.29, 1.82) is 0 Å². The van der Waals surface area contributed by atoms with Crippen LogP contribution in [0.15, 0.2) is 18.2 Å². The third kappa shape index (κ3) is 4.23. The first-order valence-corrected chi connectivity index (χ1v) is 6.20. The van der Waals surface area contributed by atoms with Crippen LogP contribution in [0.1, 0.15) is 23.7 Å². The summed E-state index contributed by atoms with van der Waals surface area (Å²) < 4.78 is 18.0. The second-order valence-corrected chi connectivity index (χ2v) is 4.13. The molecule has 0 radical (unpaired) electrons. The molecule has 21 heavy (non-hydrogen) atoms. The molecule has 114 valence electrons. The molecule has 0 N–H and O–H groups in total. The minimum Gasteiger partial charge on any atom is -0.469 e. The minimum atomic E-state index is -1.07. The number of benzene rings is 1. The van der Waals surface area contributed by atoms with Crippen molar-refractivity contribution in [1.82, 2.24) is 4.90 Å². The first-order valence-electron chi connectivity index (χ1n) is 6.20. The van der Waals surface area contributed by atoms with Gasteiger partial charge in [-0.1, -0.05) is 0 Å². The Hall–Kier alpha value is -2.51. The molecular weight excluding hydrogens is 283 g/mol. The molecule has 0 unspecified atom stereocenters. The summed E-state index contributed by atoms with van der Waals surface area (Å²) in [5.74, 6) is -2.04. The predicted octanol–water partition coefficient (Wildman–Crippen LogP) is 1.76. The molecule has 0 saturated heterocycles. The monoisotopic (exact) mass is 298 g/mol. The maximum Gasteiger partial charge on any atom is 0.307 e. The van der Waals surface area contributed by atoms with E-state index in [-0.39, 0.29) is 18.5 Å². The lowest BCUT2D eigenvalue weighted by molar-refractivity contribution is -0.387. The molecule has 0 aliphatic carbocycles. The molecule has 0 aromatic heterocycles. The first kappa shape index (κ1) is 16.5. The second-order valence-electron chi connectivity index (χ2n) is 4.13. The quantitative estimate of drug-likeness (QED) is 0.453. The molecule has 0 aliphatic heterocycles. The number of ether oxygens (including phenoxy) is 1. The van der Waals surface area contributed by atoms with Crippen molar-refractivity contribution in [3.05, 3.63) is 39.7 Å². The van der Waals surface area contributed by atoms with Gasteiger partial charge in [0.15, 0.2) is 0 Å². The van der Waals surface area contributed by atoms with E-state index in [4.69, 9.17) is 0 Å². The summed E-state index contributed by atoms with van der Waals surface area (Å²) in [4.78, 5) is 34.2. The molecule has 0 bridgehead atoms. The van der Waals surface area contributed by atoms with Gasteiger partial charge in [0.2, 0.25) is 5.82 Å². The lowest BCUT2D eigenvalue weighted by atomic mass is 10.1. The zero-order chi connectivity index (χ0) is 16.0. The van der Waals surface area contributed by atoms with Crippen LogP contribution in [0.25, 0.3) is 0 Å². The fourth-order valence-electron chi connectivity index (χ4n) is 1.70. The average Bonchev–Trinajstić information content (AvgIpc) is 2.46. The van der Waals surface area contributed by atoms with E-state index in [1.54, 1.807) is 6.92 Å². The van der Waals surface area contributed by atoms with E-state index in [0.717, 1.165) is 12.1 Å². The van der Waals surface area contributed by atoms with Crippen molar-refractivity contribution in [3.8, 4) is 0 Å². The van der Waals surface area contributed by atoms with Crippen LogP contribution in [0.3, 0.4) is 0 Å². The van der Waals surface area contributed by atoms with Gasteiger partial charge in [-0.25, -0.2) is 0 Å². The Morgan fingerprint density at radius 1 is 1.43 bits per heavy atom. The van der Waals surface area contributed by atoms with Crippen LogP contribution in [0.4, 0.5) is 10.1 Å². The van der Waals surface area contributed by atoms with Crippen molar-refractivity contribution < 1.29 is 23.6 Å². The lowest BCUT2D eigenvalue weighted by Gasteiger charge is -2.20. The second kappa shape index (κ2) is 7.32. The van der Waals surface area contributed by atoms with E-state index in [1.807, 2.05) is 0 Å². The third-order valence-corrected chi connectivity index (χ3v) is 2.87. The molecule has 1 aromatic rings. The summed E-state index contributed by atoms with van der Waals surface area (Å²) in [6.45, 7) is 2.14. The van der Waals surface area contributed by atoms with Gasteiger partial charge >= 0.3 is 11.7 Å². The summed E-state index contributed by atoms with van der Waals surface area (Å²) >= 11 is 0. The topological polar surface area (TPSA) is 89.8 Å². The van der Waals surface area contributed by atoms with E-state index in [1.165, 1.54) is 18.1 Å². The van der Waals surface area contributed by atoms with E-state index in [0.29, 0.717) is 6.54 Å². The van der Waals surface area contributed by atoms with Gasteiger partial charge in [0.25, 0.3) is 5.91 Å². The molecule has 1 aromatic carbocycles. The maximum atomic E-state index is 13.5. The zero-order valence-electron chi connectivity index (χ0n) is 11.7. The summed E-state index contributed by atoms with van der Waals surface area (Å²) in [7, 11) is 1.24. The Labute approximate surface area is 120 Å². The third-order valence-electron chi connectivity index (χ3n) is 2.87. The summed E-state index contributed by atoms with van der Waals surface area (Å²) in [6, 6.07) is 2.95. The van der Waals surface area contributed by atoms with Crippen LogP contribution >= 0.6 is 0 Å². The van der Waals surface area contributed by atoms with Crippen LogP contribution in [0.2, 0.25) is 0 Å². The summed E-state index contributed by atoms with van der Waals surface area (Å²) in [5.41, 5.74) is -0.700. The highest BCUT2D eigenvalue weighted by Crippen LogP contribution is 2.19. The van der Waals surface area contributed by atoms with Gasteiger partial charge in [0.1, 0.15) is 0 Å². The number of hydrogen-bond donors (Lipinski definition) is 0. The number of carbonyl (C=O) groups excluding carboxylic acids is 2. The highest BCUT2D eigenvalue weighted by atomic mass is 19.1. The van der Waals surface area contributed by atoms with E-state index < -0.39 is 28.3 Å². The Kier molecular flexibility index (Phi) is 5.77. The van der Waals surface area contributed by atoms with Gasteiger partial charge < -0.3 is 9.64 Å². The van der Waals surface area contributed by atoms with Crippen molar-refractivity contribution in [2.75, 3.05) is 20.2 Å². The minimum absolute atomic E-state index is 0.00943. The largest absolute Gasteiger partial charge is 0.469 e. The molecule has 0 spiro atoms. The number of nitrogens with zero attached hydrogens (tertiary/aromatic N) is 2. The highest BCUT2D eigenvalue weighted by Gasteiger charge is 2.20. The fraction of sp³-hybridized carbons (Fsp3) is 0.385. The molecule has 0 atom stereocenters. The van der Waals surface area contributed by atoms with Crippen LogP contribution in [-0.2, 0) is 9.53 Å². The number of nitro benzene ring substituents is 1. The number of esters is 1. The van der Waals surface area contributed by atoms with Crippen LogP contribution in [-0.4, -0.2) is 41.9 Å². The van der Waals surface area contributed by atoms with Crippen molar-refractivity contribution in [2.24, 2.45) is 0 Å². The smallest absolute Gasteiger partial charge is 0.307 e. The predicted molar refractivity (Wildman–Crippen MR) is 71.3 cm³/mol. The van der Waals surface area contributed by atoms with E-state index in [9.17, 15) is 24.1 Å². The molecule has 0 heterocycles. The van der Waals surface area contributed by atoms with Gasteiger partial charge in [-0.2, -0.15) is 4.39 Å². The van der Waals surface area contributed by atoms with Crippen molar-refractivity contribution >= 4 is 17.6 Å². The normalized spacial score (nSPS) is 10.0. The molecule has 0 fully saturated rings. The number of halogens is 1. The zero-order valence-corrected chi connectivity index (χ0v) is 11.7. The molecule has 0 aliphatic rings. The number of carbonyl (C=O) groups is 2. The standard InChI is InChI=1S/C13H15FN2O5/c1-3-15(7-6-12(17)21-2)13(18)9-4-5-11(16(19)20)10(14)8-9/h4-5,8H,3,6-7H2,1-2H3. The lowest BCUT2D eigenvalue weighted by Crippen LogP contribution is -2.33. The van der Waals surface area contributed by atoms with Gasteiger partial charge in [-0.3, -0.25) is 19.7 Å². The molecule has 8 heteroatoms. The molecule has 0 saturated carbocycles. The summed E-state index contributed by atoms with van der Waals surface area (Å²) in [6.07, 6.45) is 0.0194. The van der Waals surface area contributed by atoms with Gasteiger partial charge in [0.05, 0.1) is 18.5 Å². The number of nitro groups is 1. The van der Waals surface area contributed by atoms with Gasteiger partial charge in [-0.05, 0) is 19.1 Å². The molecule has 1 amide bonds. The Morgan fingerprint density at radius 2 is 2.10 bits per heavy atom. The average molecular weight is 298 g/mol. The maximum absolute atomic E-state index is 13.5. The number of hydrogen-bond acceptors (Lipinski definition) is 5. The number of methoxy groups -OCH3 is 1.